The van der Waals surface area contributed by atoms with Crippen LogP contribution in [0.4, 0.5) is 0 Å². The average Bonchev–Trinajstić information content (AvgIpc) is 2.36. The zero-order valence-electron chi connectivity index (χ0n) is 10.2. The number of rotatable bonds is 6. The second-order valence-corrected chi connectivity index (χ2v) is 6.19. The number of amides is 1. The summed E-state index contributed by atoms with van der Waals surface area (Å²) in [4.78, 5) is 11.9. The van der Waals surface area contributed by atoms with Crippen molar-refractivity contribution in [1.82, 2.24) is 5.32 Å². The van der Waals surface area contributed by atoms with Gasteiger partial charge in [-0.2, -0.15) is 0 Å². The topological polar surface area (TPSA) is 29.1 Å². The van der Waals surface area contributed by atoms with Gasteiger partial charge in [-0.3, -0.25) is 4.79 Å². The summed E-state index contributed by atoms with van der Waals surface area (Å²) in [5, 5.41) is 3.48. The summed E-state index contributed by atoms with van der Waals surface area (Å²) in [6.45, 7) is 2.78. The monoisotopic (exact) mass is 399 g/mol. The van der Waals surface area contributed by atoms with Crippen LogP contribution in [-0.2, 0) is 0 Å². The number of hydrogen-bond donors (Lipinski definition) is 1. The zero-order valence-corrected chi connectivity index (χ0v) is 13.8. The summed E-state index contributed by atoms with van der Waals surface area (Å²) < 4.78 is 0.906. The van der Waals surface area contributed by atoms with Crippen LogP contribution in [0, 0.1) is 9.49 Å². The Labute approximate surface area is 132 Å². The highest BCUT2D eigenvalue weighted by Crippen LogP contribution is 2.17. The van der Waals surface area contributed by atoms with Gasteiger partial charge >= 0.3 is 0 Å². The van der Waals surface area contributed by atoms with Crippen LogP contribution in [0.15, 0.2) is 18.2 Å². The molecule has 0 aromatic heterocycles. The van der Waals surface area contributed by atoms with Crippen molar-refractivity contribution in [3.63, 3.8) is 0 Å². The number of nitrogens with one attached hydrogen (secondary N) is 1. The Morgan fingerprint density at radius 1 is 1.50 bits per heavy atom. The Morgan fingerprint density at radius 3 is 2.89 bits per heavy atom. The lowest BCUT2D eigenvalue weighted by atomic mass is 10.1. The highest BCUT2D eigenvalue weighted by atomic mass is 127. The van der Waals surface area contributed by atoms with E-state index in [2.05, 4.69) is 34.8 Å². The Bertz CT molecular complexity index is 412. The third-order valence-electron chi connectivity index (χ3n) is 2.60. The van der Waals surface area contributed by atoms with E-state index in [-0.39, 0.29) is 5.91 Å². The zero-order chi connectivity index (χ0) is 13.5. The molecule has 5 heteroatoms. The number of hydrogen-bond acceptors (Lipinski definition) is 1. The van der Waals surface area contributed by atoms with Crippen molar-refractivity contribution in [3.8, 4) is 0 Å². The first-order valence-electron chi connectivity index (χ1n) is 5.83. The first kappa shape index (κ1) is 16.1. The van der Waals surface area contributed by atoms with Gasteiger partial charge in [-0.25, -0.2) is 0 Å². The molecule has 0 aliphatic heterocycles. The largest absolute Gasteiger partial charge is 0.352 e. The molecular weight excluding hydrogens is 384 g/mol. The first-order chi connectivity index (χ1) is 8.54. The molecule has 1 rings (SSSR count). The van der Waals surface area contributed by atoms with Gasteiger partial charge in [-0.05, 0) is 59.5 Å². The van der Waals surface area contributed by atoms with E-state index in [1.165, 1.54) is 0 Å². The highest BCUT2D eigenvalue weighted by Gasteiger charge is 2.10. The number of carbonyl (C=O) groups is 1. The first-order valence-corrected chi connectivity index (χ1v) is 7.83. The molecular formula is C13H16Cl2INO. The molecule has 1 atom stereocenters. The molecule has 0 saturated heterocycles. The van der Waals surface area contributed by atoms with Crippen molar-refractivity contribution in [2.75, 3.05) is 12.4 Å². The number of halogens is 3. The molecule has 0 aliphatic rings. The van der Waals surface area contributed by atoms with E-state index in [0.29, 0.717) is 28.9 Å². The molecule has 100 valence electrons. The van der Waals surface area contributed by atoms with Crippen molar-refractivity contribution >= 4 is 51.7 Å². The minimum absolute atomic E-state index is 0.0690. The van der Waals surface area contributed by atoms with E-state index in [1.54, 1.807) is 12.1 Å². The Hall–Kier alpha value is -0.000000000000000111. The predicted molar refractivity (Wildman–Crippen MR) is 85.6 cm³/mol. The fourth-order valence-electron chi connectivity index (χ4n) is 1.50. The molecule has 0 fully saturated rings. The van der Waals surface area contributed by atoms with E-state index in [9.17, 15) is 4.79 Å². The lowest BCUT2D eigenvalue weighted by Crippen LogP contribution is -2.25. The van der Waals surface area contributed by atoms with E-state index in [4.69, 9.17) is 23.2 Å². The average molecular weight is 400 g/mol. The molecule has 0 bridgehead atoms. The van der Waals surface area contributed by atoms with Crippen LogP contribution in [0.25, 0.3) is 0 Å². The summed E-state index contributed by atoms with van der Waals surface area (Å²) in [6.07, 6.45) is 1.97. The van der Waals surface area contributed by atoms with Crippen molar-refractivity contribution in [2.45, 2.75) is 19.8 Å². The van der Waals surface area contributed by atoms with E-state index in [1.807, 2.05) is 6.07 Å². The smallest absolute Gasteiger partial charge is 0.252 e. The van der Waals surface area contributed by atoms with Gasteiger partial charge < -0.3 is 5.32 Å². The van der Waals surface area contributed by atoms with Crippen molar-refractivity contribution in [3.05, 3.63) is 32.4 Å². The van der Waals surface area contributed by atoms with Gasteiger partial charge in [-0.1, -0.05) is 18.5 Å². The molecule has 1 aromatic carbocycles. The fraction of sp³-hybridized carbons (Fsp3) is 0.462. The lowest BCUT2D eigenvalue weighted by Gasteiger charge is -2.09. The van der Waals surface area contributed by atoms with Gasteiger partial charge in [0, 0.05) is 21.0 Å². The van der Waals surface area contributed by atoms with Crippen LogP contribution in [-0.4, -0.2) is 18.3 Å². The minimum atomic E-state index is -0.0690. The van der Waals surface area contributed by atoms with Gasteiger partial charge in [0.05, 0.1) is 5.56 Å². The molecule has 18 heavy (non-hydrogen) atoms. The molecule has 1 aromatic rings. The molecule has 0 aliphatic carbocycles. The van der Waals surface area contributed by atoms with Gasteiger partial charge in [0.2, 0.25) is 0 Å². The van der Waals surface area contributed by atoms with Gasteiger partial charge in [0.1, 0.15) is 0 Å². The number of alkyl halides is 1. The summed E-state index contributed by atoms with van der Waals surface area (Å²) in [6, 6.07) is 5.32. The van der Waals surface area contributed by atoms with Crippen molar-refractivity contribution in [1.29, 1.82) is 0 Å². The maximum Gasteiger partial charge on any atom is 0.252 e. The predicted octanol–water partition coefficient (Wildman–Crippen LogP) is 4.33. The Balaban J connectivity index is 2.43. The summed E-state index contributed by atoms with van der Waals surface area (Å²) in [7, 11) is 0. The second kappa shape index (κ2) is 8.23. The molecule has 0 spiro atoms. The van der Waals surface area contributed by atoms with E-state index in [0.717, 1.165) is 16.4 Å². The molecule has 2 nitrogen and oxygen atoms in total. The van der Waals surface area contributed by atoms with Crippen LogP contribution in [0.2, 0.25) is 5.02 Å². The number of carbonyl (C=O) groups excluding carboxylic acids is 1. The van der Waals surface area contributed by atoms with E-state index >= 15 is 0 Å². The molecule has 1 amide bonds. The van der Waals surface area contributed by atoms with Gasteiger partial charge in [0.15, 0.2) is 0 Å². The van der Waals surface area contributed by atoms with Crippen LogP contribution in [0.1, 0.15) is 30.1 Å². The molecule has 1 unspecified atom stereocenters. The third kappa shape index (κ3) is 5.33. The minimum Gasteiger partial charge on any atom is -0.352 e. The molecule has 0 heterocycles. The van der Waals surface area contributed by atoms with Crippen molar-refractivity contribution in [2.24, 2.45) is 5.92 Å². The number of benzene rings is 1. The van der Waals surface area contributed by atoms with E-state index < -0.39 is 0 Å². The lowest BCUT2D eigenvalue weighted by molar-refractivity contribution is 0.0951. The molecule has 1 N–H and O–H groups in total. The summed E-state index contributed by atoms with van der Waals surface area (Å²) >= 11 is 13.7. The normalized spacial score (nSPS) is 12.2. The van der Waals surface area contributed by atoms with Crippen LogP contribution in [0.3, 0.4) is 0 Å². The van der Waals surface area contributed by atoms with Crippen LogP contribution < -0.4 is 5.32 Å². The third-order valence-corrected chi connectivity index (χ3v) is 4.30. The van der Waals surface area contributed by atoms with Gasteiger partial charge in [-0.15, -0.1) is 11.6 Å². The highest BCUT2D eigenvalue weighted by molar-refractivity contribution is 14.1. The summed E-state index contributed by atoms with van der Waals surface area (Å²) in [5.41, 5.74) is 0.633. The summed E-state index contributed by atoms with van der Waals surface area (Å²) in [5.74, 6) is 1.09. The fourth-order valence-corrected chi connectivity index (χ4v) is 2.40. The quantitative estimate of drug-likeness (QED) is 0.430. The van der Waals surface area contributed by atoms with Crippen molar-refractivity contribution < 1.29 is 4.79 Å². The SMILES string of the molecule is CC(CCl)CCCNC(=O)c1cc(Cl)ccc1I. The van der Waals surface area contributed by atoms with Crippen LogP contribution in [0.5, 0.6) is 0 Å². The molecule has 0 saturated carbocycles. The Kier molecular flexibility index (Phi) is 7.34. The second-order valence-electron chi connectivity index (χ2n) is 4.28. The standard InChI is InChI=1S/C13H16Cl2INO/c1-9(8-14)3-2-6-17-13(18)11-7-10(15)4-5-12(11)16/h4-5,7,9H,2-3,6,8H2,1H3,(H,17,18). The Morgan fingerprint density at radius 2 is 2.22 bits per heavy atom. The maximum absolute atomic E-state index is 11.9. The van der Waals surface area contributed by atoms with Gasteiger partial charge in [0.25, 0.3) is 5.91 Å². The van der Waals surface area contributed by atoms with Crippen LogP contribution >= 0.6 is 45.8 Å². The molecule has 0 radical (unpaired) electrons. The maximum atomic E-state index is 11.9.